The van der Waals surface area contributed by atoms with Gasteiger partial charge in [-0.2, -0.15) is 5.26 Å². The highest BCUT2D eigenvalue weighted by Crippen LogP contribution is 2.35. The Labute approximate surface area is 144 Å². The molecule has 6 nitrogen and oxygen atoms in total. The van der Waals surface area contributed by atoms with Gasteiger partial charge in [-0.1, -0.05) is 12.1 Å². The van der Waals surface area contributed by atoms with Crippen molar-refractivity contribution in [2.75, 3.05) is 12.8 Å². The van der Waals surface area contributed by atoms with Crippen molar-refractivity contribution in [1.82, 2.24) is 9.62 Å². The van der Waals surface area contributed by atoms with Crippen molar-refractivity contribution in [2.24, 2.45) is 0 Å². The standard InChI is InChI=1S/C16H16N4O2S2/c1-16(10-24(21,22)20(2)15(18)19-16)13-7-14(23-9-13)12-5-3-4-11(6-12)8-17/h3-7,9H,10H2,1-2H3,(H2,18,19)/t16-/m0/s1. The number of nitriles is 1. The SMILES string of the molecule is CN1C(=N)N[C@](C)(c2csc(-c3cccc(C#N)c3)c2)CS1(=O)=O. The summed E-state index contributed by atoms with van der Waals surface area (Å²) in [5.41, 5.74) is 1.45. The Morgan fingerprint density at radius 3 is 2.83 bits per heavy atom. The number of hydrogen-bond donors (Lipinski definition) is 2. The second kappa shape index (κ2) is 5.61. The van der Waals surface area contributed by atoms with Crippen LogP contribution in [0.5, 0.6) is 0 Å². The van der Waals surface area contributed by atoms with Crippen LogP contribution in [0.15, 0.2) is 35.7 Å². The average molecular weight is 360 g/mol. The molecule has 0 unspecified atom stereocenters. The zero-order chi connectivity index (χ0) is 17.5. The topological polar surface area (TPSA) is 97.1 Å². The van der Waals surface area contributed by atoms with Crippen LogP contribution in [-0.2, 0) is 15.6 Å². The molecule has 3 rings (SSSR count). The van der Waals surface area contributed by atoms with Gasteiger partial charge in [-0.15, -0.1) is 11.3 Å². The quantitative estimate of drug-likeness (QED) is 0.859. The Morgan fingerprint density at radius 1 is 1.42 bits per heavy atom. The molecule has 0 aliphatic carbocycles. The van der Waals surface area contributed by atoms with Gasteiger partial charge < -0.3 is 5.32 Å². The van der Waals surface area contributed by atoms with Gasteiger partial charge >= 0.3 is 0 Å². The van der Waals surface area contributed by atoms with Crippen molar-refractivity contribution < 1.29 is 8.42 Å². The molecule has 1 aliphatic heterocycles. The lowest BCUT2D eigenvalue weighted by molar-refractivity contribution is 0.419. The fraction of sp³-hybridized carbons (Fsp3) is 0.250. The van der Waals surface area contributed by atoms with E-state index in [4.69, 9.17) is 10.7 Å². The van der Waals surface area contributed by atoms with Crippen LogP contribution in [0.25, 0.3) is 10.4 Å². The summed E-state index contributed by atoms with van der Waals surface area (Å²) in [6.07, 6.45) is 0. The Hall–Kier alpha value is -2.37. The molecular weight excluding hydrogens is 344 g/mol. The summed E-state index contributed by atoms with van der Waals surface area (Å²) in [4.78, 5) is 0.952. The summed E-state index contributed by atoms with van der Waals surface area (Å²) in [6, 6.07) is 11.3. The van der Waals surface area contributed by atoms with E-state index in [9.17, 15) is 8.42 Å². The third-order valence-corrected chi connectivity index (χ3v) is 7.05. The van der Waals surface area contributed by atoms with Gasteiger partial charge in [0, 0.05) is 11.9 Å². The zero-order valence-electron chi connectivity index (χ0n) is 13.2. The average Bonchev–Trinajstić information content (AvgIpc) is 3.03. The number of hydrogen-bond acceptors (Lipinski definition) is 5. The normalized spacial score (nSPS) is 22.7. The van der Waals surface area contributed by atoms with Crippen LogP contribution in [0.1, 0.15) is 18.1 Å². The molecular formula is C16H16N4O2S2. The van der Waals surface area contributed by atoms with E-state index >= 15 is 0 Å². The molecule has 0 amide bonds. The molecule has 0 radical (unpaired) electrons. The molecule has 2 N–H and O–H groups in total. The van der Waals surface area contributed by atoms with Crippen LogP contribution in [0, 0.1) is 16.7 Å². The van der Waals surface area contributed by atoms with Crippen LogP contribution in [0.3, 0.4) is 0 Å². The van der Waals surface area contributed by atoms with E-state index in [0.717, 1.165) is 20.3 Å². The Morgan fingerprint density at radius 2 is 2.17 bits per heavy atom. The van der Waals surface area contributed by atoms with Crippen LogP contribution in [0.2, 0.25) is 0 Å². The Balaban J connectivity index is 1.98. The minimum Gasteiger partial charge on any atom is -0.345 e. The molecule has 1 atom stereocenters. The lowest BCUT2D eigenvalue weighted by Crippen LogP contribution is -2.60. The number of nitrogens with one attached hydrogen (secondary N) is 2. The lowest BCUT2D eigenvalue weighted by Gasteiger charge is -2.39. The van der Waals surface area contributed by atoms with Gasteiger partial charge in [-0.3, -0.25) is 5.41 Å². The molecule has 0 bridgehead atoms. The maximum absolute atomic E-state index is 12.3. The van der Waals surface area contributed by atoms with Crippen molar-refractivity contribution in [3.8, 4) is 16.5 Å². The lowest BCUT2D eigenvalue weighted by atomic mass is 9.96. The molecule has 0 saturated carbocycles. The van der Waals surface area contributed by atoms with Crippen LogP contribution < -0.4 is 5.32 Å². The second-order valence-corrected chi connectivity index (χ2v) is 8.83. The van der Waals surface area contributed by atoms with Crippen molar-refractivity contribution in [3.05, 3.63) is 46.8 Å². The maximum atomic E-state index is 12.3. The van der Waals surface area contributed by atoms with Crippen LogP contribution in [0.4, 0.5) is 0 Å². The minimum atomic E-state index is -3.52. The monoisotopic (exact) mass is 360 g/mol. The highest BCUT2D eigenvalue weighted by Gasteiger charge is 2.42. The van der Waals surface area contributed by atoms with Crippen molar-refractivity contribution in [1.29, 1.82) is 10.7 Å². The zero-order valence-corrected chi connectivity index (χ0v) is 14.8. The van der Waals surface area contributed by atoms with Gasteiger partial charge in [0.25, 0.3) is 0 Å². The summed E-state index contributed by atoms with van der Waals surface area (Å²) < 4.78 is 25.5. The van der Waals surface area contributed by atoms with Crippen molar-refractivity contribution >= 4 is 27.3 Å². The first kappa shape index (κ1) is 16.5. The van der Waals surface area contributed by atoms with E-state index in [0.29, 0.717) is 5.56 Å². The van der Waals surface area contributed by atoms with Gasteiger partial charge in [0.1, 0.15) is 0 Å². The van der Waals surface area contributed by atoms with Gasteiger partial charge in [-0.05, 0) is 41.6 Å². The van der Waals surface area contributed by atoms with E-state index in [1.54, 1.807) is 19.1 Å². The van der Waals surface area contributed by atoms with E-state index in [-0.39, 0.29) is 11.7 Å². The molecule has 1 aromatic carbocycles. The molecule has 1 saturated heterocycles. The number of nitrogens with zero attached hydrogens (tertiary/aromatic N) is 2. The predicted molar refractivity (Wildman–Crippen MR) is 94.2 cm³/mol. The molecule has 1 aromatic heterocycles. The first-order valence-corrected chi connectivity index (χ1v) is 9.67. The molecule has 8 heteroatoms. The molecule has 2 heterocycles. The first-order chi connectivity index (χ1) is 11.2. The summed E-state index contributed by atoms with van der Waals surface area (Å²) >= 11 is 1.49. The fourth-order valence-electron chi connectivity index (χ4n) is 2.65. The predicted octanol–water partition coefficient (Wildman–Crippen LogP) is 2.30. The number of thiophene rings is 1. The van der Waals surface area contributed by atoms with Crippen molar-refractivity contribution in [3.63, 3.8) is 0 Å². The van der Waals surface area contributed by atoms with Gasteiger partial charge in [0.2, 0.25) is 16.0 Å². The number of benzene rings is 1. The summed E-state index contributed by atoms with van der Waals surface area (Å²) in [6.45, 7) is 1.78. The molecule has 124 valence electrons. The smallest absolute Gasteiger partial charge is 0.239 e. The fourth-order valence-corrected chi connectivity index (χ4v) is 5.18. The molecule has 0 spiro atoms. The molecule has 24 heavy (non-hydrogen) atoms. The third kappa shape index (κ3) is 2.77. The van der Waals surface area contributed by atoms with Gasteiger partial charge in [0.05, 0.1) is 22.9 Å². The molecule has 1 aliphatic rings. The van der Waals surface area contributed by atoms with Gasteiger partial charge in [-0.25, -0.2) is 12.7 Å². The van der Waals surface area contributed by atoms with Crippen molar-refractivity contribution in [2.45, 2.75) is 12.5 Å². The van der Waals surface area contributed by atoms with E-state index < -0.39 is 15.6 Å². The largest absolute Gasteiger partial charge is 0.345 e. The minimum absolute atomic E-state index is 0.118. The molecule has 1 fully saturated rings. The number of guanidine groups is 1. The van der Waals surface area contributed by atoms with Crippen LogP contribution >= 0.6 is 11.3 Å². The van der Waals surface area contributed by atoms with Gasteiger partial charge in [0.15, 0.2) is 0 Å². The maximum Gasteiger partial charge on any atom is 0.239 e. The number of rotatable bonds is 2. The van der Waals surface area contributed by atoms with E-state index in [1.165, 1.54) is 18.4 Å². The Bertz CT molecular complexity index is 958. The number of sulfonamides is 1. The van der Waals surface area contributed by atoms with Crippen LogP contribution in [-0.4, -0.2) is 31.5 Å². The third-order valence-electron chi connectivity index (χ3n) is 4.11. The second-order valence-electron chi connectivity index (χ2n) is 5.92. The highest BCUT2D eigenvalue weighted by molar-refractivity contribution is 7.89. The summed E-state index contributed by atoms with van der Waals surface area (Å²) in [5, 5.41) is 21.8. The first-order valence-electron chi connectivity index (χ1n) is 7.18. The molecule has 2 aromatic rings. The Kier molecular flexibility index (Phi) is 3.86. The van der Waals surface area contributed by atoms with E-state index in [2.05, 4.69) is 11.4 Å². The highest BCUT2D eigenvalue weighted by atomic mass is 32.2. The van der Waals surface area contributed by atoms with E-state index in [1.807, 2.05) is 23.6 Å². The summed E-state index contributed by atoms with van der Waals surface area (Å²) in [5.74, 6) is -0.254. The summed E-state index contributed by atoms with van der Waals surface area (Å²) in [7, 11) is -2.15.